The van der Waals surface area contributed by atoms with Crippen molar-refractivity contribution in [2.75, 3.05) is 0 Å². The van der Waals surface area contributed by atoms with E-state index in [4.69, 9.17) is 0 Å². The summed E-state index contributed by atoms with van der Waals surface area (Å²) in [5.41, 5.74) is 10.5. The molecule has 7 rings (SSSR count). The topological polar surface area (TPSA) is 0 Å². The summed E-state index contributed by atoms with van der Waals surface area (Å²) < 4.78 is 0. The van der Waals surface area contributed by atoms with E-state index in [-0.39, 0.29) is 0 Å². The van der Waals surface area contributed by atoms with E-state index in [2.05, 4.69) is 71.0 Å². The van der Waals surface area contributed by atoms with Gasteiger partial charge in [-0.25, -0.2) is 0 Å². The van der Waals surface area contributed by atoms with Crippen molar-refractivity contribution in [3.63, 3.8) is 0 Å². The Labute approximate surface area is 318 Å². The zero-order valence-corrected chi connectivity index (χ0v) is 29.3. The summed E-state index contributed by atoms with van der Waals surface area (Å²) in [6.45, 7) is 0. The first kappa shape index (κ1) is 34.4. The second-order valence-electron chi connectivity index (χ2n) is 12.0. The molecule has 0 fully saturated rings. The molecule has 0 aliphatic rings. The molecule has 0 amide bonds. The van der Waals surface area contributed by atoms with Crippen LogP contribution >= 0.6 is 0 Å². The molecule has 0 bridgehead atoms. The van der Waals surface area contributed by atoms with Gasteiger partial charge in [0, 0.05) is 66.8 Å². The normalized spacial score (nSPS) is 9.33. The second-order valence-corrected chi connectivity index (χ2v) is 12.0. The monoisotopic (exact) mass is 678 g/mol. The molecule has 0 spiro atoms. The fraction of sp³-hybridized carbons (Fsp3) is 0. The Hall–Kier alpha value is -8.10. The van der Waals surface area contributed by atoms with Crippen molar-refractivity contribution in [2.45, 2.75) is 0 Å². The van der Waals surface area contributed by atoms with Gasteiger partial charge in [0.15, 0.2) is 0 Å². The standard InChI is InChI=1S/C54H30/c1-3-17-43(18-4-1)31-33-45-21-7-9-23-47(45)35-37-49-25-11-13-27-51(49)39-41-53-29-15-16-30-54(53)42-40-52-28-14-12-26-50(52)38-36-48-24-10-8-22-46(48)34-32-44-19-5-2-6-20-44/h1-30H. The van der Waals surface area contributed by atoms with E-state index in [0.717, 1.165) is 66.8 Å². The first-order valence-electron chi connectivity index (χ1n) is 17.5. The third-order valence-electron chi connectivity index (χ3n) is 8.19. The second kappa shape index (κ2) is 17.7. The van der Waals surface area contributed by atoms with Crippen LogP contribution in [0.4, 0.5) is 0 Å². The molecule has 0 saturated carbocycles. The number of rotatable bonds is 0. The van der Waals surface area contributed by atoms with Gasteiger partial charge in [-0.05, 0) is 84.9 Å². The summed E-state index contributed by atoms with van der Waals surface area (Å²) >= 11 is 0. The molecule has 0 radical (unpaired) electrons. The summed E-state index contributed by atoms with van der Waals surface area (Å²) in [6, 6.07) is 59.7. The van der Waals surface area contributed by atoms with Crippen LogP contribution in [0.1, 0.15) is 66.8 Å². The largest absolute Gasteiger partial charge is 0.0622 e. The van der Waals surface area contributed by atoms with E-state index in [1.54, 1.807) is 0 Å². The van der Waals surface area contributed by atoms with Gasteiger partial charge in [0.25, 0.3) is 0 Å². The highest BCUT2D eigenvalue weighted by molar-refractivity contribution is 5.61. The Kier molecular flexibility index (Phi) is 11.3. The predicted octanol–water partition coefficient (Wildman–Crippen LogP) is 10.1. The number of hydrogen-bond donors (Lipinski definition) is 0. The minimum absolute atomic E-state index is 0.837. The maximum Gasteiger partial charge on any atom is 0.0405 e. The average Bonchev–Trinajstić information content (AvgIpc) is 3.24. The van der Waals surface area contributed by atoms with Gasteiger partial charge in [0.05, 0.1) is 0 Å². The summed E-state index contributed by atoms with van der Waals surface area (Å²) in [5, 5.41) is 0. The van der Waals surface area contributed by atoms with Gasteiger partial charge in [-0.2, -0.15) is 0 Å². The maximum absolute atomic E-state index is 3.36. The van der Waals surface area contributed by atoms with Crippen LogP contribution < -0.4 is 0 Å². The van der Waals surface area contributed by atoms with E-state index < -0.39 is 0 Å². The van der Waals surface area contributed by atoms with Gasteiger partial charge in [0.1, 0.15) is 0 Å². The Balaban J connectivity index is 1.14. The third-order valence-corrected chi connectivity index (χ3v) is 8.19. The molecule has 7 aromatic rings. The number of hydrogen-bond acceptors (Lipinski definition) is 0. The van der Waals surface area contributed by atoms with Gasteiger partial charge in [0.2, 0.25) is 0 Å². The molecular weight excluding hydrogens is 649 g/mol. The lowest BCUT2D eigenvalue weighted by Gasteiger charge is -1.99. The van der Waals surface area contributed by atoms with Crippen LogP contribution in [0.3, 0.4) is 0 Å². The van der Waals surface area contributed by atoms with Crippen molar-refractivity contribution in [3.05, 3.63) is 249 Å². The molecule has 7 aromatic carbocycles. The molecule has 246 valence electrons. The molecule has 0 heterocycles. The van der Waals surface area contributed by atoms with Gasteiger partial charge in [-0.1, -0.05) is 168 Å². The summed E-state index contributed by atoms with van der Waals surface area (Å²) in [6.07, 6.45) is 0. The maximum atomic E-state index is 3.36. The van der Waals surface area contributed by atoms with Crippen LogP contribution in [0.15, 0.2) is 182 Å². The number of benzene rings is 7. The van der Waals surface area contributed by atoms with Crippen LogP contribution in [-0.2, 0) is 0 Å². The van der Waals surface area contributed by atoms with E-state index in [1.807, 2.05) is 182 Å². The highest BCUT2D eigenvalue weighted by Crippen LogP contribution is 2.13. The molecule has 0 aliphatic carbocycles. The van der Waals surface area contributed by atoms with Crippen LogP contribution in [0, 0.1) is 71.0 Å². The van der Waals surface area contributed by atoms with Crippen molar-refractivity contribution < 1.29 is 0 Å². The van der Waals surface area contributed by atoms with Crippen LogP contribution in [0.2, 0.25) is 0 Å². The Bertz CT molecular complexity index is 2640. The summed E-state index contributed by atoms with van der Waals surface area (Å²) in [7, 11) is 0. The van der Waals surface area contributed by atoms with Crippen molar-refractivity contribution in [3.8, 4) is 71.0 Å². The van der Waals surface area contributed by atoms with Gasteiger partial charge < -0.3 is 0 Å². The van der Waals surface area contributed by atoms with Crippen LogP contribution in [-0.4, -0.2) is 0 Å². The third kappa shape index (κ3) is 9.36. The zero-order chi connectivity index (χ0) is 36.6. The summed E-state index contributed by atoms with van der Waals surface area (Å²) in [5.74, 6) is 39.8. The Morgan fingerprint density at radius 3 is 0.481 bits per heavy atom. The molecule has 0 unspecified atom stereocenters. The molecular formula is C54H30. The molecule has 0 nitrogen and oxygen atoms in total. The first-order chi connectivity index (χ1) is 26.8. The molecule has 0 saturated heterocycles. The molecule has 0 atom stereocenters. The minimum Gasteiger partial charge on any atom is -0.0622 e. The van der Waals surface area contributed by atoms with E-state index >= 15 is 0 Å². The van der Waals surface area contributed by atoms with E-state index in [0.29, 0.717) is 0 Å². The first-order valence-corrected chi connectivity index (χ1v) is 17.5. The van der Waals surface area contributed by atoms with Gasteiger partial charge in [-0.3, -0.25) is 0 Å². The van der Waals surface area contributed by atoms with Crippen molar-refractivity contribution in [1.29, 1.82) is 0 Å². The van der Waals surface area contributed by atoms with E-state index in [1.165, 1.54) is 0 Å². The fourth-order valence-electron chi connectivity index (χ4n) is 5.37. The molecule has 0 N–H and O–H groups in total. The van der Waals surface area contributed by atoms with Crippen molar-refractivity contribution in [2.24, 2.45) is 0 Å². The Morgan fingerprint density at radius 1 is 0.148 bits per heavy atom. The Morgan fingerprint density at radius 2 is 0.296 bits per heavy atom. The van der Waals surface area contributed by atoms with Gasteiger partial charge >= 0.3 is 0 Å². The summed E-state index contributed by atoms with van der Waals surface area (Å²) in [4.78, 5) is 0. The zero-order valence-electron chi connectivity index (χ0n) is 29.3. The molecule has 0 heteroatoms. The smallest absolute Gasteiger partial charge is 0.0405 e. The minimum atomic E-state index is 0.837. The average molecular weight is 679 g/mol. The quantitative estimate of drug-likeness (QED) is 0.140. The van der Waals surface area contributed by atoms with Gasteiger partial charge in [-0.15, -0.1) is 0 Å². The predicted molar refractivity (Wildman–Crippen MR) is 221 cm³/mol. The van der Waals surface area contributed by atoms with Crippen molar-refractivity contribution in [1.82, 2.24) is 0 Å². The lowest BCUT2D eigenvalue weighted by Crippen LogP contribution is -1.88. The molecule has 54 heavy (non-hydrogen) atoms. The highest BCUT2D eigenvalue weighted by Gasteiger charge is 2.01. The lowest BCUT2D eigenvalue weighted by atomic mass is 10.0. The van der Waals surface area contributed by atoms with Crippen LogP contribution in [0.5, 0.6) is 0 Å². The molecule has 0 aliphatic heterocycles. The molecule has 0 aromatic heterocycles. The van der Waals surface area contributed by atoms with E-state index in [9.17, 15) is 0 Å². The highest BCUT2D eigenvalue weighted by atomic mass is 14.0. The SMILES string of the molecule is C(#Cc1ccccc1C#Cc1ccccc1C#Cc1ccccc1C#Cc1ccccc1C#Cc1ccccc1C#Cc1ccccc1)c1ccccc1. The van der Waals surface area contributed by atoms with Crippen molar-refractivity contribution >= 4 is 0 Å². The fourth-order valence-corrected chi connectivity index (χ4v) is 5.37. The lowest BCUT2D eigenvalue weighted by molar-refractivity contribution is 1.55. The van der Waals surface area contributed by atoms with Crippen LogP contribution in [0.25, 0.3) is 0 Å².